The average Bonchev–Trinajstić information content (AvgIpc) is 2.88. The van der Waals surface area contributed by atoms with Crippen molar-refractivity contribution in [3.05, 3.63) is 48.2 Å². The Morgan fingerprint density at radius 3 is 2.87 bits per heavy atom. The van der Waals surface area contributed by atoms with Crippen molar-refractivity contribution in [3.8, 4) is 0 Å². The Kier molecular flexibility index (Phi) is 2.33. The van der Waals surface area contributed by atoms with Crippen LogP contribution in [0.4, 0.5) is 0 Å². The van der Waals surface area contributed by atoms with Crippen molar-refractivity contribution in [2.45, 2.75) is 13.0 Å². The fourth-order valence-electron chi connectivity index (χ4n) is 1.58. The third kappa shape index (κ3) is 1.66. The van der Waals surface area contributed by atoms with Crippen LogP contribution in [0.2, 0.25) is 0 Å². The predicted molar refractivity (Wildman–Crippen MR) is 53.9 cm³/mol. The van der Waals surface area contributed by atoms with Crippen LogP contribution in [-0.2, 0) is 0 Å². The molecule has 78 valence electrons. The van der Waals surface area contributed by atoms with Crippen LogP contribution in [0.1, 0.15) is 29.2 Å². The Labute approximate surface area is 86.8 Å². The zero-order chi connectivity index (χ0) is 10.8. The molecule has 0 amide bonds. The van der Waals surface area contributed by atoms with E-state index in [-0.39, 0.29) is 11.7 Å². The van der Waals surface area contributed by atoms with Gasteiger partial charge in [0.05, 0.1) is 12.3 Å². The maximum Gasteiger partial charge on any atom is 0.352 e. The van der Waals surface area contributed by atoms with Gasteiger partial charge in [-0.05, 0) is 31.2 Å². The second-order valence-corrected chi connectivity index (χ2v) is 3.30. The van der Waals surface area contributed by atoms with Crippen LogP contribution in [0.3, 0.4) is 0 Å². The summed E-state index contributed by atoms with van der Waals surface area (Å²) in [6.07, 6.45) is 3.31. The molecule has 2 rings (SSSR count). The van der Waals surface area contributed by atoms with E-state index in [1.54, 1.807) is 35.2 Å². The summed E-state index contributed by atoms with van der Waals surface area (Å²) in [6, 6.07) is 6.79. The van der Waals surface area contributed by atoms with Gasteiger partial charge in [0.1, 0.15) is 11.5 Å². The molecule has 0 aromatic carbocycles. The molecule has 1 atom stereocenters. The first-order valence-electron chi connectivity index (χ1n) is 4.63. The number of hydrogen-bond donors (Lipinski definition) is 1. The van der Waals surface area contributed by atoms with Gasteiger partial charge >= 0.3 is 5.97 Å². The summed E-state index contributed by atoms with van der Waals surface area (Å²) in [4.78, 5) is 10.9. The lowest BCUT2D eigenvalue weighted by Gasteiger charge is -2.12. The first-order valence-corrected chi connectivity index (χ1v) is 4.63. The minimum absolute atomic E-state index is 0.110. The Morgan fingerprint density at radius 2 is 2.27 bits per heavy atom. The van der Waals surface area contributed by atoms with Gasteiger partial charge < -0.3 is 14.1 Å². The summed E-state index contributed by atoms with van der Waals surface area (Å²) >= 11 is 0. The van der Waals surface area contributed by atoms with Crippen molar-refractivity contribution in [2.24, 2.45) is 0 Å². The van der Waals surface area contributed by atoms with Crippen LogP contribution >= 0.6 is 0 Å². The number of hydrogen-bond acceptors (Lipinski definition) is 2. The van der Waals surface area contributed by atoms with E-state index < -0.39 is 5.97 Å². The Hall–Kier alpha value is -1.97. The second-order valence-electron chi connectivity index (χ2n) is 3.30. The van der Waals surface area contributed by atoms with E-state index >= 15 is 0 Å². The lowest BCUT2D eigenvalue weighted by Crippen LogP contribution is -2.12. The van der Waals surface area contributed by atoms with E-state index in [1.807, 2.05) is 13.0 Å². The van der Waals surface area contributed by atoms with Gasteiger partial charge in [-0.3, -0.25) is 0 Å². The van der Waals surface area contributed by atoms with Gasteiger partial charge in [-0.25, -0.2) is 4.79 Å². The maximum absolute atomic E-state index is 10.9. The van der Waals surface area contributed by atoms with E-state index in [4.69, 9.17) is 9.52 Å². The number of aromatic nitrogens is 1. The molecule has 0 saturated heterocycles. The smallest absolute Gasteiger partial charge is 0.352 e. The lowest BCUT2D eigenvalue weighted by molar-refractivity contribution is 0.0683. The van der Waals surface area contributed by atoms with Gasteiger partial charge in [0.25, 0.3) is 0 Å². The highest BCUT2D eigenvalue weighted by atomic mass is 16.4. The fraction of sp³-hybridized carbons (Fsp3) is 0.182. The molecule has 0 aliphatic heterocycles. The molecule has 2 aromatic rings. The highest BCUT2D eigenvalue weighted by Gasteiger charge is 2.16. The SMILES string of the molecule is CC(c1ccco1)n1cccc1C(=O)O. The summed E-state index contributed by atoms with van der Waals surface area (Å²) in [5.74, 6) is -0.188. The van der Waals surface area contributed by atoms with E-state index in [2.05, 4.69) is 0 Å². The second kappa shape index (κ2) is 3.65. The van der Waals surface area contributed by atoms with Gasteiger partial charge in [0.2, 0.25) is 0 Å². The first-order chi connectivity index (χ1) is 7.20. The van der Waals surface area contributed by atoms with Crippen molar-refractivity contribution >= 4 is 5.97 Å². The number of aromatic carboxylic acids is 1. The van der Waals surface area contributed by atoms with Gasteiger partial charge in [0, 0.05) is 6.20 Å². The molecular formula is C11H11NO3. The highest BCUT2D eigenvalue weighted by molar-refractivity contribution is 5.85. The number of carbonyl (C=O) groups is 1. The van der Waals surface area contributed by atoms with Crippen LogP contribution < -0.4 is 0 Å². The van der Waals surface area contributed by atoms with E-state index in [1.165, 1.54) is 0 Å². The van der Waals surface area contributed by atoms with Gasteiger partial charge in [0.15, 0.2) is 0 Å². The van der Waals surface area contributed by atoms with Crippen LogP contribution in [0, 0.1) is 0 Å². The fourth-order valence-corrected chi connectivity index (χ4v) is 1.58. The Balaban J connectivity index is 2.37. The van der Waals surface area contributed by atoms with E-state index in [0.29, 0.717) is 0 Å². The van der Waals surface area contributed by atoms with Crippen molar-refractivity contribution < 1.29 is 14.3 Å². The van der Waals surface area contributed by atoms with E-state index in [0.717, 1.165) is 5.76 Å². The normalized spacial score (nSPS) is 12.6. The van der Waals surface area contributed by atoms with Crippen molar-refractivity contribution in [2.75, 3.05) is 0 Å². The predicted octanol–water partition coefficient (Wildman–Crippen LogP) is 2.39. The van der Waals surface area contributed by atoms with Crippen LogP contribution in [0.25, 0.3) is 0 Å². The van der Waals surface area contributed by atoms with E-state index in [9.17, 15) is 4.79 Å². The van der Waals surface area contributed by atoms with Gasteiger partial charge in [-0.1, -0.05) is 0 Å². The number of nitrogens with zero attached hydrogens (tertiary/aromatic N) is 1. The molecule has 0 fully saturated rings. The molecule has 0 aliphatic carbocycles. The molecule has 1 unspecified atom stereocenters. The van der Waals surface area contributed by atoms with Crippen LogP contribution in [0.15, 0.2) is 41.1 Å². The maximum atomic E-state index is 10.9. The molecule has 0 radical (unpaired) electrons. The van der Waals surface area contributed by atoms with Gasteiger partial charge in [-0.2, -0.15) is 0 Å². The summed E-state index contributed by atoms with van der Waals surface area (Å²) in [5, 5.41) is 8.95. The summed E-state index contributed by atoms with van der Waals surface area (Å²) in [7, 11) is 0. The van der Waals surface area contributed by atoms with Gasteiger partial charge in [-0.15, -0.1) is 0 Å². The minimum Gasteiger partial charge on any atom is -0.477 e. The average molecular weight is 205 g/mol. The number of carboxylic acids is 1. The highest BCUT2D eigenvalue weighted by Crippen LogP contribution is 2.20. The molecule has 2 aromatic heterocycles. The first kappa shape index (κ1) is 9.58. The Morgan fingerprint density at radius 1 is 1.47 bits per heavy atom. The molecule has 0 saturated carbocycles. The molecule has 0 spiro atoms. The van der Waals surface area contributed by atoms with Crippen molar-refractivity contribution in [1.82, 2.24) is 4.57 Å². The molecule has 4 heteroatoms. The third-order valence-corrected chi connectivity index (χ3v) is 2.37. The molecule has 0 bridgehead atoms. The standard InChI is InChI=1S/C11H11NO3/c1-8(10-5-3-7-15-10)12-6-2-4-9(12)11(13)14/h2-8H,1H3,(H,13,14). The topological polar surface area (TPSA) is 55.4 Å². The monoisotopic (exact) mass is 205 g/mol. The molecular weight excluding hydrogens is 194 g/mol. The van der Waals surface area contributed by atoms with Crippen LogP contribution in [0.5, 0.6) is 0 Å². The van der Waals surface area contributed by atoms with Crippen molar-refractivity contribution in [1.29, 1.82) is 0 Å². The zero-order valence-corrected chi connectivity index (χ0v) is 8.25. The largest absolute Gasteiger partial charge is 0.477 e. The number of rotatable bonds is 3. The molecule has 0 aliphatic rings. The quantitative estimate of drug-likeness (QED) is 0.836. The molecule has 2 heterocycles. The zero-order valence-electron chi connectivity index (χ0n) is 8.25. The van der Waals surface area contributed by atoms with Crippen LogP contribution in [-0.4, -0.2) is 15.6 Å². The summed E-state index contributed by atoms with van der Waals surface area (Å²) in [5.41, 5.74) is 0.263. The summed E-state index contributed by atoms with van der Waals surface area (Å²) in [6.45, 7) is 1.89. The minimum atomic E-state index is -0.932. The molecule has 4 nitrogen and oxygen atoms in total. The number of furan rings is 1. The Bertz CT molecular complexity index is 456. The van der Waals surface area contributed by atoms with Crippen molar-refractivity contribution in [3.63, 3.8) is 0 Å². The molecule has 1 N–H and O–H groups in total. The lowest BCUT2D eigenvalue weighted by atomic mass is 10.2. The number of carboxylic acid groups (broad SMARTS) is 1. The summed E-state index contributed by atoms with van der Waals surface area (Å²) < 4.78 is 6.91. The third-order valence-electron chi connectivity index (χ3n) is 2.37. The molecule has 15 heavy (non-hydrogen) atoms.